The van der Waals surface area contributed by atoms with Crippen molar-refractivity contribution in [1.29, 1.82) is 0 Å². The second-order valence-electron chi connectivity index (χ2n) is 7.29. The number of carbonyl (C=O) groups is 4. The maximum atomic E-state index is 12.7. The van der Waals surface area contributed by atoms with Crippen molar-refractivity contribution in [3.05, 3.63) is 29.1 Å². The molecule has 0 bridgehead atoms. The molecule has 3 rings (SSSR count). The van der Waals surface area contributed by atoms with E-state index in [0.29, 0.717) is 34.2 Å². The molecule has 2 aromatic rings. The Morgan fingerprint density at radius 3 is 2.20 bits per heavy atom. The van der Waals surface area contributed by atoms with E-state index in [4.69, 9.17) is 34.0 Å². The Morgan fingerprint density at radius 2 is 1.66 bits per heavy atom. The van der Waals surface area contributed by atoms with Gasteiger partial charge in [-0.3, -0.25) is 9.69 Å². The lowest BCUT2D eigenvalue weighted by Gasteiger charge is -2.14. The third kappa shape index (κ3) is 7.69. The second kappa shape index (κ2) is 13.3. The van der Waals surface area contributed by atoms with Crippen LogP contribution in [0, 0.1) is 0 Å². The van der Waals surface area contributed by atoms with E-state index in [1.807, 2.05) is 11.4 Å². The third-order valence-corrected chi connectivity index (χ3v) is 5.86. The fourth-order valence-electron chi connectivity index (χ4n) is 3.38. The molecule has 35 heavy (non-hydrogen) atoms. The van der Waals surface area contributed by atoms with Crippen LogP contribution in [0.1, 0.15) is 30.1 Å². The Kier molecular flexibility index (Phi) is 10.5. The lowest BCUT2D eigenvalue weighted by molar-refractivity contribution is -0.159. The van der Waals surface area contributed by atoms with Crippen LogP contribution in [0.4, 0.5) is 5.00 Å². The molecular formula is C23H28N2O9S. The highest BCUT2D eigenvalue weighted by molar-refractivity contribution is 7.15. The molecule has 1 saturated heterocycles. The Bertz CT molecular complexity index is 1050. The van der Waals surface area contributed by atoms with Crippen LogP contribution in [-0.4, -0.2) is 79.4 Å². The molecule has 1 aromatic heterocycles. The van der Waals surface area contributed by atoms with Crippen molar-refractivity contribution in [2.75, 3.05) is 45.8 Å². The highest BCUT2D eigenvalue weighted by atomic mass is 32.1. The monoisotopic (exact) mass is 508 g/mol. The van der Waals surface area contributed by atoms with Gasteiger partial charge in [-0.15, -0.1) is 11.3 Å². The van der Waals surface area contributed by atoms with E-state index in [9.17, 15) is 9.59 Å². The number of likely N-dealkylation sites (tertiary alicyclic amines) is 1. The third-order valence-electron chi connectivity index (χ3n) is 4.97. The van der Waals surface area contributed by atoms with Gasteiger partial charge >= 0.3 is 17.9 Å². The van der Waals surface area contributed by atoms with Gasteiger partial charge in [0.25, 0.3) is 0 Å². The van der Waals surface area contributed by atoms with Crippen LogP contribution in [0.2, 0.25) is 0 Å². The largest absolute Gasteiger partial charge is 0.493 e. The predicted molar refractivity (Wildman–Crippen MR) is 128 cm³/mol. The molecule has 0 spiro atoms. The van der Waals surface area contributed by atoms with E-state index in [-0.39, 0.29) is 12.5 Å². The van der Waals surface area contributed by atoms with Crippen LogP contribution in [0.15, 0.2) is 23.6 Å². The molecular weight excluding hydrogens is 480 g/mol. The van der Waals surface area contributed by atoms with Crippen LogP contribution in [-0.2, 0) is 19.1 Å². The number of aliphatic carboxylic acids is 2. The molecule has 11 nitrogen and oxygen atoms in total. The van der Waals surface area contributed by atoms with Gasteiger partial charge in [0, 0.05) is 10.9 Å². The number of thiophene rings is 1. The molecule has 1 amide bonds. The van der Waals surface area contributed by atoms with Gasteiger partial charge in [0.15, 0.2) is 11.5 Å². The Balaban J connectivity index is 0.000000641. The molecule has 0 unspecified atom stereocenters. The molecule has 2 heterocycles. The molecule has 1 aliphatic heterocycles. The number of amides is 1. The number of anilines is 1. The molecule has 190 valence electrons. The number of nitrogens with one attached hydrogen (secondary N) is 1. The first-order valence-electron chi connectivity index (χ1n) is 10.7. The Hall–Kier alpha value is -3.64. The first-order valence-corrected chi connectivity index (χ1v) is 11.6. The molecule has 1 aliphatic rings. The van der Waals surface area contributed by atoms with Crippen molar-refractivity contribution in [2.45, 2.75) is 19.8 Å². The Morgan fingerprint density at radius 1 is 1.03 bits per heavy atom. The van der Waals surface area contributed by atoms with Crippen LogP contribution >= 0.6 is 11.3 Å². The highest BCUT2D eigenvalue weighted by Gasteiger charge is 2.24. The van der Waals surface area contributed by atoms with Crippen molar-refractivity contribution >= 4 is 40.2 Å². The summed E-state index contributed by atoms with van der Waals surface area (Å²) in [6.07, 6.45) is 2.23. The lowest BCUT2D eigenvalue weighted by Crippen LogP contribution is -2.31. The number of esters is 1. The number of hydrogen-bond donors (Lipinski definition) is 3. The number of carbonyl (C=O) groups excluding carboxylic acids is 2. The van der Waals surface area contributed by atoms with Gasteiger partial charge in [0.2, 0.25) is 5.91 Å². The smallest absolute Gasteiger partial charge is 0.414 e. The predicted octanol–water partition coefficient (Wildman–Crippen LogP) is 2.80. The van der Waals surface area contributed by atoms with Crippen LogP contribution in [0.25, 0.3) is 11.1 Å². The zero-order valence-electron chi connectivity index (χ0n) is 19.7. The minimum absolute atomic E-state index is 0.127. The van der Waals surface area contributed by atoms with Gasteiger partial charge in [0.05, 0.1) is 27.4 Å². The van der Waals surface area contributed by atoms with E-state index in [1.165, 1.54) is 11.3 Å². The number of rotatable bonds is 8. The zero-order valence-corrected chi connectivity index (χ0v) is 20.5. The Labute approximate surface area is 206 Å². The normalized spacial score (nSPS) is 12.8. The fraction of sp³-hybridized carbons (Fsp3) is 0.391. The van der Waals surface area contributed by atoms with Gasteiger partial charge in [-0.1, -0.05) is 6.07 Å². The quantitative estimate of drug-likeness (QED) is 0.358. The molecule has 1 aromatic carbocycles. The summed E-state index contributed by atoms with van der Waals surface area (Å²) in [6.45, 7) is 4.19. The van der Waals surface area contributed by atoms with Crippen LogP contribution < -0.4 is 14.8 Å². The number of benzene rings is 1. The van der Waals surface area contributed by atoms with Crippen molar-refractivity contribution in [2.24, 2.45) is 0 Å². The molecule has 0 aliphatic carbocycles. The van der Waals surface area contributed by atoms with Crippen molar-refractivity contribution < 1.29 is 43.6 Å². The summed E-state index contributed by atoms with van der Waals surface area (Å²) < 4.78 is 15.9. The van der Waals surface area contributed by atoms with Gasteiger partial charge in [-0.05, 0) is 50.6 Å². The topological polar surface area (TPSA) is 152 Å². The fourth-order valence-corrected chi connectivity index (χ4v) is 4.36. The van der Waals surface area contributed by atoms with Crippen LogP contribution in [0.5, 0.6) is 11.5 Å². The summed E-state index contributed by atoms with van der Waals surface area (Å²) in [5.41, 5.74) is 1.83. The van der Waals surface area contributed by atoms with Gasteiger partial charge in [0.1, 0.15) is 10.6 Å². The standard InChI is InChI=1S/C21H26N2O5S.C2H2O4/c1-4-28-21(25)19-15(14-7-8-16(26-2)17(11-14)27-3)13-29-20(19)22-18(24)12-23-9-5-6-10-23;3-1(4)2(5)6/h7-8,11,13H,4-6,9-10,12H2,1-3H3,(H,22,24);(H,3,4)(H,5,6). The summed E-state index contributed by atoms with van der Waals surface area (Å²) in [7, 11) is 3.13. The number of ether oxygens (including phenoxy) is 3. The van der Waals surface area contributed by atoms with Crippen molar-refractivity contribution in [3.63, 3.8) is 0 Å². The number of nitrogens with zero attached hydrogens (tertiary/aromatic N) is 1. The van der Waals surface area contributed by atoms with Crippen molar-refractivity contribution in [1.82, 2.24) is 4.90 Å². The summed E-state index contributed by atoms with van der Waals surface area (Å²) in [6, 6.07) is 5.44. The van der Waals surface area contributed by atoms with Gasteiger partial charge < -0.3 is 29.7 Å². The molecule has 12 heteroatoms. The summed E-state index contributed by atoms with van der Waals surface area (Å²) in [5.74, 6) is -3.08. The van der Waals surface area contributed by atoms with Gasteiger partial charge in [-0.2, -0.15) is 0 Å². The van der Waals surface area contributed by atoms with E-state index in [0.717, 1.165) is 31.5 Å². The second-order valence-corrected chi connectivity index (χ2v) is 8.17. The minimum atomic E-state index is -1.82. The van der Waals surface area contributed by atoms with Crippen LogP contribution in [0.3, 0.4) is 0 Å². The first kappa shape index (κ1) is 27.6. The maximum Gasteiger partial charge on any atom is 0.414 e. The van der Waals surface area contributed by atoms with E-state index in [2.05, 4.69) is 10.2 Å². The average Bonchev–Trinajstić information content (AvgIpc) is 3.49. The summed E-state index contributed by atoms with van der Waals surface area (Å²) in [5, 5.41) is 20.0. The number of carboxylic acids is 2. The number of carboxylic acid groups (broad SMARTS) is 2. The lowest BCUT2D eigenvalue weighted by atomic mass is 10.0. The zero-order chi connectivity index (χ0) is 26.0. The summed E-state index contributed by atoms with van der Waals surface area (Å²) >= 11 is 1.31. The van der Waals surface area contributed by atoms with Crippen molar-refractivity contribution in [3.8, 4) is 22.6 Å². The highest BCUT2D eigenvalue weighted by Crippen LogP contribution is 2.39. The van der Waals surface area contributed by atoms with Gasteiger partial charge in [-0.25, -0.2) is 14.4 Å². The maximum absolute atomic E-state index is 12.7. The molecule has 0 saturated carbocycles. The van der Waals surface area contributed by atoms with E-state index in [1.54, 1.807) is 33.3 Å². The SMILES string of the molecule is CCOC(=O)c1c(-c2ccc(OC)c(OC)c2)csc1NC(=O)CN1CCCC1.O=C(O)C(=O)O. The molecule has 3 N–H and O–H groups in total. The number of hydrogen-bond acceptors (Lipinski definition) is 9. The molecule has 0 radical (unpaired) electrons. The van der Waals surface area contributed by atoms with E-state index >= 15 is 0 Å². The van der Waals surface area contributed by atoms with E-state index < -0.39 is 17.9 Å². The molecule has 0 atom stereocenters. The molecule has 1 fully saturated rings. The summed E-state index contributed by atoms with van der Waals surface area (Å²) in [4.78, 5) is 45.5. The minimum Gasteiger partial charge on any atom is -0.493 e. The number of methoxy groups -OCH3 is 2. The average molecular weight is 509 g/mol. The first-order chi connectivity index (χ1) is 16.7.